The Kier molecular flexibility index (Phi) is 8.17. The normalized spacial score (nSPS) is 11.4. The number of carbonyl (C=O) groups excluding carboxylic acids is 1. The Labute approximate surface area is 149 Å². The fraction of sp³-hybridized carbons (Fsp3) is 0.588. The van der Waals surface area contributed by atoms with Gasteiger partial charge in [0.25, 0.3) is 0 Å². The maximum Gasteiger partial charge on any atom is 0.410 e. The fourth-order valence-corrected chi connectivity index (χ4v) is 2.47. The molecule has 1 amide bonds. The van der Waals surface area contributed by atoms with Gasteiger partial charge in [-0.1, -0.05) is 36.2 Å². The number of nitrogens with one attached hydrogen (secondary N) is 1. The van der Waals surface area contributed by atoms with Gasteiger partial charge in [0.1, 0.15) is 5.60 Å². The molecule has 0 unspecified atom stereocenters. The molecule has 4 nitrogen and oxygen atoms in total. The molecule has 0 atom stereocenters. The van der Waals surface area contributed by atoms with Gasteiger partial charge in [-0.15, -0.1) is 0 Å². The maximum atomic E-state index is 12.1. The zero-order valence-electron chi connectivity index (χ0n) is 14.3. The second kappa shape index (κ2) is 9.36. The molecule has 0 aliphatic rings. The Balaban J connectivity index is 2.45. The van der Waals surface area contributed by atoms with Gasteiger partial charge in [0.15, 0.2) is 0 Å². The Bertz CT molecular complexity index is 516. The average Bonchev–Trinajstić information content (AvgIpc) is 2.42. The molecule has 1 rings (SSSR count). The number of carbonyl (C=O) groups is 1. The standard InChI is InChI=1S/C17H26Cl2N2O2/c1-5-9-21(16(22)23-17(2,3)4)10-8-20-12-13-6-7-14(18)11-15(13)19/h6-7,11,20H,5,8-10,12H2,1-4H3. The number of hydrogen-bond acceptors (Lipinski definition) is 3. The summed E-state index contributed by atoms with van der Waals surface area (Å²) in [4.78, 5) is 13.9. The number of amides is 1. The molecule has 0 saturated heterocycles. The van der Waals surface area contributed by atoms with Gasteiger partial charge in [-0.05, 0) is 44.9 Å². The molecular weight excluding hydrogens is 335 g/mol. The zero-order chi connectivity index (χ0) is 17.5. The van der Waals surface area contributed by atoms with Crippen LogP contribution in [0.25, 0.3) is 0 Å². The van der Waals surface area contributed by atoms with Gasteiger partial charge in [0.05, 0.1) is 0 Å². The van der Waals surface area contributed by atoms with Crippen LogP contribution in [-0.4, -0.2) is 36.2 Å². The first-order valence-electron chi connectivity index (χ1n) is 7.85. The molecule has 0 bridgehead atoms. The van der Waals surface area contributed by atoms with Gasteiger partial charge in [-0.25, -0.2) is 4.79 Å². The summed E-state index contributed by atoms with van der Waals surface area (Å²) in [5.74, 6) is 0. The number of benzene rings is 1. The number of ether oxygens (including phenoxy) is 1. The summed E-state index contributed by atoms with van der Waals surface area (Å²) in [6.07, 6.45) is 0.619. The van der Waals surface area contributed by atoms with E-state index in [0.717, 1.165) is 12.0 Å². The first-order valence-corrected chi connectivity index (χ1v) is 8.61. The van der Waals surface area contributed by atoms with Crippen LogP contribution in [0.1, 0.15) is 39.7 Å². The number of rotatable bonds is 7. The molecular formula is C17H26Cl2N2O2. The second-order valence-electron chi connectivity index (χ2n) is 6.38. The van der Waals surface area contributed by atoms with Crippen molar-refractivity contribution in [1.82, 2.24) is 10.2 Å². The van der Waals surface area contributed by atoms with Crippen LogP contribution in [0.2, 0.25) is 10.0 Å². The van der Waals surface area contributed by atoms with Crippen molar-refractivity contribution in [2.75, 3.05) is 19.6 Å². The van der Waals surface area contributed by atoms with E-state index in [1.807, 2.05) is 39.8 Å². The van der Waals surface area contributed by atoms with Crippen molar-refractivity contribution in [1.29, 1.82) is 0 Å². The summed E-state index contributed by atoms with van der Waals surface area (Å²) in [6, 6.07) is 5.44. The molecule has 0 heterocycles. The molecule has 0 spiro atoms. The second-order valence-corrected chi connectivity index (χ2v) is 7.22. The molecule has 0 aliphatic heterocycles. The Hall–Kier alpha value is -0.970. The summed E-state index contributed by atoms with van der Waals surface area (Å²) < 4.78 is 5.42. The summed E-state index contributed by atoms with van der Waals surface area (Å²) in [5.41, 5.74) is 0.503. The lowest BCUT2D eigenvalue weighted by Gasteiger charge is -2.27. The number of nitrogens with zero attached hydrogens (tertiary/aromatic N) is 1. The predicted molar refractivity (Wildman–Crippen MR) is 96.3 cm³/mol. The van der Waals surface area contributed by atoms with Crippen LogP contribution < -0.4 is 5.32 Å². The summed E-state index contributed by atoms with van der Waals surface area (Å²) in [7, 11) is 0. The quantitative estimate of drug-likeness (QED) is 0.714. The lowest BCUT2D eigenvalue weighted by atomic mass is 10.2. The van der Waals surface area contributed by atoms with Gasteiger partial charge >= 0.3 is 6.09 Å². The average molecular weight is 361 g/mol. The SMILES string of the molecule is CCCN(CCNCc1ccc(Cl)cc1Cl)C(=O)OC(C)(C)C. The van der Waals surface area contributed by atoms with Crippen molar-refractivity contribution in [3.05, 3.63) is 33.8 Å². The molecule has 23 heavy (non-hydrogen) atoms. The highest BCUT2D eigenvalue weighted by Gasteiger charge is 2.21. The van der Waals surface area contributed by atoms with Crippen molar-refractivity contribution in [2.24, 2.45) is 0 Å². The number of hydrogen-bond donors (Lipinski definition) is 1. The number of halogens is 2. The van der Waals surface area contributed by atoms with Gasteiger partial charge in [0, 0.05) is 36.2 Å². The smallest absolute Gasteiger partial charge is 0.410 e. The maximum absolute atomic E-state index is 12.1. The highest BCUT2D eigenvalue weighted by atomic mass is 35.5. The Morgan fingerprint density at radius 1 is 1.26 bits per heavy atom. The first kappa shape index (κ1) is 20.1. The zero-order valence-corrected chi connectivity index (χ0v) is 15.8. The summed E-state index contributed by atoms with van der Waals surface area (Å²) in [6.45, 7) is 10.2. The highest BCUT2D eigenvalue weighted by Crippen LogP contribution is 2.20. The monoisotopic (exact) mass is 360 g/mol. The van der Waals surface area contributed by atoms with Crippen molar-refractivity contribution >= 4 is 29.3 Å². The van der Waals surface area contributed by atoms with Gasteiger partial charge in [-0.3, -0.25) is 0 Å². The van der Waals surface area contributed by atoms with Crippen molar-refractivity contribution in [3.8, 4) is 0 Å². The van der Waals surface area contributed by atoms with Gasteiger partial charge in [0.2, 0.25) is 0 Å². The van der Waals surface area contributed by atoms with Crippen molar-refractivity contribution < 1.29 is 9.53 Å². The Morgan fingerprint density at radius 3 is 2.52 bits per heavy atom. The molecule has 1 aromatic rings. The molecule has 0 fully saturated rings. The molecule has 0 saturated carbocycles. The first-order chi connectivity index (χ1) is 10.7. The molecule has 6 heteroatoms. The van der Waals surface area contributed by atoms with Crippen LogP contribution >= 0.6 is 23.2 Å². The topological polar surface area (TPSA) is 41.6 Å². The van der Waals surface area contributed by atoms with E-state index in [4.69, 9.17) is 27.9 Å². The van der Waals surface area contributed by atoms with Crippen LogP contribution in [0.15, 0.2) is 18.2 Å². The third-order valence-electron chi connectivity index (χ3n) is 3.03. The minimum absolute atomic E-state index is 0.273. The lowest BCUT2D eigenvalue weighted by Crippen LogP contribution is -2.40. The molecule has 130 valence electrons. The van der Waals surface area contributed by atoms with E-state index in [1.54, 1.807) is 11.0 Å². The van der Waals surface area contributed by atoms with E-state index in [0.29, 0.717) is 36.2 Å². The van der Waals surface area contributed by atoms with Crippen molar-refractivity contribution in [2.45, 2.75) is 46.3 Å². The summed E-state index contributed by atoms with van der Waals surface area (Å²) in [5, 5.41) is 4.56. The van der Waals surface area contributed by atoms with E-state index < -0.39 is 5.60 Å². The van der Waals surface area contributed by atoms with Crippen LogP contribution in [0, 0.1) is 0 Å². The third kappa shape index (κ3) is 7.91. The van der Waals surface area contributed by atoms with Crippen LogP contribution in [-0.2, 0) is 11.3 Å². The minimum atomic E-state index is -0.479. The van der Waals surface area contributed by atoms with Crippen LogP contribution in [0.5, 0.6) is 0 Å². The molecule has 0 aliphatic carbocycles. The fourth-order valence-electron chi connectivity index (χ4n) is 1.99. The van der Waals surface area contributed by atoms with Gasteiger partial charge in [-0.2, -0.15) is 0 Å². The van der Waals surface area contributed by atoms with E-state index in [1.165, 1.54) is 0 Å². The van der Waals surface area contributed by atoms with Crippen LogP contribution in [0.3, 0.4) is 0 Å². The summed E-state index contributed by atoms with van der Waals surface area (Å²) >= 11 is 12.0. The highest BCUT2D eigenvalue weighted by molar-refractivity contribution is 6.35. The van der Waals surface area contributed by atoms with E-state index in [9.17, 15) is 4.79 Å². The molecule has 0 aromatic heterocycles. The predicted octanol–water partition coefficient (Wildman–Crippen LogP) is 4.73. The largest absolute Gasteiger partial charge is 0.444 e. The third-order valence-corrected chi connectivity index (χ3v) is 3.62. The molecule has 1 N–H and O–H groups in total. The minimum Gasteiger partial charge on any atom is -0.444 e. The van der Waals surface area contributed by atoms with E-state index in [2.05, 4.69) is 5.32 Å². The van der Waals surface area contributed by atoms with Crippen molar-refractivity contribution in [3.63, 3.8) is 0 Å². The van der Waals surface area contributed by atoms with Gasteiger partial charge < -0.3 is 15.0 Å². The van der Waals surface area contributed by atoms with E-state index >= 15 is 0 Å². The Morgan fingerprint density at radius 2 is 1.96 bits per heavy atom. The molecule has 0 radical (unpaired) electrons. The van der Waals surface area contributed by atoms with E-state index in [-0.39, 0.29) is 6.09 Å². The molecule has 1 aromatic carbocycles. The van der Waals surface area contributed by atoms with Crippen LogP contribution in [0.4, 0.5) is 4.79 Å². The lowest BCUT2D eigenvalue weighted by molar-refractivity contribution is 0.0252.